The molecule has 1 aromatic rings. The van der Waals surface area contributed by atoms with E-state index in [4.69, 9.17) is 0 Å². The fraction of sp³-hybridized carbons (Fsp3) is 0.529. The quantitative estimate of drug-likeness (QED) is 0.218. The average Bonchev–Trinajstić information content (AvgIpc) is 2.53. The number of nitrogens with zero attached hydrogens (tertiary/aromatic N) is 1. The highest BCUT2D eigenvalue weighted by atomic mass is 127. The summed E-state index contributed by atoms with van der Waals surface area (Å²) < 4.78 is 4.61. The number of esters is 1. The molecule has 0 saturated heterocycles. The maximum Gasteiger partial charge on any atom is 0.305 e. The first kappa shape index (κ1) is 21.7. The first-order chi connectivity index (χ1) is 10.7. The normalized spacial score (nSPS) is 10.7. The van der Waals surface area contributed by atoms with Crippen molar-refractivity contribution in [2.75, 3.05) is 20.7 Å². The van der Waals surface area contributed by atoms with E-state index in [1.807, 2.05) is 0 Å². The number of rotatable bonds is 8. The molecule has 0 unspecified atom stereocenters. The van der Waals surface area contributed by atoms with E-state index in [0.717, 1.165) is 38.3 Å². The number of aliphatic imine (C=N–C) groups is 1. The number of nitrogens with one attached hydrogen (secondary N) is 2. The third-order valence-electron chi connectivity index (χ3n) is 3.34. The Morgan fingerprint density at radius 1 is 1.22 bits per heavy atom. The molecule has 0 saturated carbocycles. The summed E-state index contributed by atoms with van der Waals surface area (Å²) in [7, 11) is 3.19. The number of guanidine groups is 1. The van der Waals surface area contributed by atoms with Crippen molar-refractivity contribution in [3.8, 4) is 0 Å². The maximum atomic E-state index is 11.0. The van der Waals surface area contributed by atoms with Crippen LogP contribution in [0.2, 0.25) is 0 Å². The molecule has 0 amide bonds. The van der Waals surface area contributed by atoms with Crippen molar-refractivity contribution >= 4 is 35.9 Å². The van der Waals surface area contributed by atoms with Gasteiger partial charge in [0.1, 0.15) is 0 Å². The number of methoxy groups -OCH3 is 1. The number of carbonyl (C=O) groups excluding carboxylic acids is 1. The number of aryl methyl sites for hydroxylation is 1. The lowest BCUT2D eigenvalue weighted by Crippen LogP contribution is -2.37. The van der Waals surface area contributed by atoms with Crippen LogP contribution in [0.25, 0.3) is 0 Å². The summed E-state index contributed by atoms with van der Waals surface area (Å²) >= 11 is 0. The van der Waals surface area contributed by atoms with Crippen LogP contribution in [0.15, 0.2) is 29.3 Å². The van der Waals surface area contributed by atoms with E-state index in [0.29, 0.717) is 6.42 Å². The van der Waals surface area contributed by atoms with Gasteiger partial charge in [0.25, 0.3) is 0 Å². The molecule has 0 aromatic heterocycles. The SMILES string of the molecule is CN=C(NCCCCCC(=O)OC)NCc1cccc(C)c1.I. The van der Waals surface area contributed by atoms with E-state index in [9.17, 15) is 4.79 Å². The smallest absolute Gasteiger partial charge is 0.305 e. The van der Waals surface area contributed by atoms with Gasteiger partial charge in [-0.3, -0.25) is 9.79 Å². The molecule has 0 heterocycles. The summed E-state index contributed by atoms with van der Waals surface area (Å²) in [4.78, 5) is 15.2. The molecule has 5 nitrogen and oxygen atoms in total. The van der Waals surface area contributed by atoms with Crippen molar-refractivity contribution in [1.29, 1.82) is 0 Å². The number of halogens is 1. The number of benzene rings is 1. The van der Waals surface area contributed by atoms with Gasteiger partial charge in [-0.2, -0.15) is 0 Å². The number of carbonyl (C=O) groups is 1. The number of ether oxygens (including phenoxy) is 1. The van der Waals surface area contributed by atoms with Crippen molar-refractivity contribution in [2.45, 2.75) is 39.2 Å². The predicted octanol–water partition coefficient (Wildman–Crippen LogP) is 3.01. The van der Waals surface area contributed by atoms with Crippen LogP contribution in [0.3, 0.4) is 0 Å². The van der Waals surface area contributed by atoms with Gasteiger partial charge in [-0.05, 0) is 25.3 Å². The second-order valence-corrected chi connectivity index (χ2v) is 5.23. The summed E-state index contributed by atoms with van der Waals surface area (Å²) in [6, 6.07) is 8.40. The van der Waals surface area contributed by atoms with Crippen molar-refractivity contribution in [1.82, 2.24) is 10.6 Å². The Hall–Kier alpha value is -1.31. The zero-order valence-electron chi connectivity index (χ0n) is 14.2. The Morgan fingerprint density at radius 3 is 2.65 bits per heavy atom. The van der Waals surface area contributed by atoms with Crippen molar-refractivity contribution < 1.29 is 9.53 Å². The van der Waals surface area contributed by atoms with E-state index in [2.05, 4.69) is 51.6 Å². The molecule has 0 radical (unpaired) electrons. The minimum Gasteiger partial charge on any atom is -0.469 e. The molecule has 130 valence electrons. The fourth-order valence-electron chi connectivity index (χ4n) is 2.11. The number of unbranched alkanes of at least 4 members (excludes halogenated alkanes) is 2. The highest BCUT2D eigenvalue weighted by Crippen LogP contribution is 2.03. The number of hydrogen-bond donors (Lipinski definition) is 2. The third-order valence-corrected chi connectivity index (χ3v) is 3.34. The molecule has 0 aliphatic rings. The van der Waals surface area contributed by atoms with Gasteiger partial charge in [0.2, 0.25) is 0 Å². The van der Waals surface area contributed by atoms with E-state index < -0.39 is 0 Å². The van der Waals surface area contributed by atoms with Crippen LogP contribution in [-0.2, 0) is 16.1 Å². The highest BCUT2D eigenvalue weighted by molar-refractivity contribution is 14.0. The van der Waals surface area contributed by atoms with Gasteiger partial charge in [-0.1, -0.05) is 36.2 Å². The van der Waals surface area contributed by atoms with Crippen LogP contribution in [0.4, 0.5) is 0 Å². The molecule has 0 spiro atoms. The van der Waals surface area contributed by atoms with Gasteiger partial charge >= 0.3 is 5.97 Å². The predicted molar refractivity (Wildman–Crippen MR) is 105 cm³/mol. The summed E-state index contributed by atoms with van der Waals surface area (Å²) in [5, 5.41) is 6.58. The van der Waals surface area contributed by atoms with E-state index in [1.54, 1.807) is 7.05 Å². The van der Waals surface area contributed by atoms with Crippen LogP contribution in [0.1, 0.15) is 36.8 Å². The molecule has 0 atom stereocenters. The van der Waals surface area contributed by atoms with Crippen LogP contribution in [-0.4, -0.2) is 32.6 Å². The summed E-state index contributed by atoms with van der Waals surface area (Å²) in [5.74, 6) is 0.665. The van der Waals surface area contributed by atoms with Gasteiger partial charge < -0.3 is 15.4 Å². The molecule has 0 aliphatic heterocycles. The standard InChI is InChI=1S/C17H27N3O2.HI/c1-14-8-7-9-15(12-14)13-20-17(18-2)19-11-6-4-5-10-16(21)22-3;/h7-9,12H,4-6,10-11,13H2,1-3H3,(H2,18,19,20);1H. The molecule has 23 heavy (non-hydrogen) atoms. The Kier molecular flexibility index (Phi) is 12.4. The Bertz CT molecular complexity index is 492. The van der Waals surface area contributed by atoms with Gasteiger partial charge in [-0.25, -0.2) is 0 Å². The third kappa shape index (κ3) is 10.1. The molecule has 1 aromatic carbocycles. The summed E-state index contributed by atoms with van der Waals surface area (Å²) in [6.45, 7) is 3.68. The second-order valence-electron chi connectivity index (χ2n) is 5.23. The molecule has 0 fully saturated rings. The first-order valence-electron chi connectivity index (χ1n) is 7.72. The summed E-state index contributed by atoms with van der Waals surface area (Å²) in [5.41, 5.74) is 2.49. The zero-order valence-corrected chi connectivity index (χ0v) is 16.6. The Labute approximate surface area is 156 Å². The Morgan fingerprint density at radius 2 is 2.00 bits per heavy atom. The Balaban J connectivity index is 0.00000484. The fourth-order valence-corrected chi connectivity index (χ4v) is 2.11. The van der Waals surface area contributed by atoms with Crippen LogP contribution >= 0.6 is 24.0 Å². The molecule has 2 N–H and O–H groups in total. The lowest BCUT2D eigenvalue weighted by Gasteiger charge is -2.12. The molecular weight excluding hydrogens is 405 g/mol. The minimum atomic E-state index is -0.136. The lowest BCUT2D eigenvalue weighted by molar-refractivity contribution is -0.140. The van der Waals surface area contributed by atoms with Crippen molar-refractivity contribution in [2.24, 2.45) is 4.99 Å². The molecular formula is C17H28IN3O2. The molecule has 0 bridgehead atoms. The largest absolute Gasteiger partial charge is 0.469 e. The lowest BCUT2D eigenvalue weighted by atomic mass is 10.1. The maximum absolute atomic E-state index is 11.0. The minimum absolute atomic E-state index is 0. The zero-order chi connectivity index (χ0) is 16.2. The van der Waals surface area contributed by atoms with E-state index >= 15 is 0 Å². The topological polar surface area (TPSA) is 62.7 Å². The molecule has 0 aliphatic carbocycles. The molecule has 1 rings (SSSR count). The van der Waals surface area contributed by atoms with Gasteiger partial charge in [-0.15, -0.1) is 24.0 Å². The van der Waals surface area contributed by atoms with Gasteiger partial charge in [0.15, 0.2) is 5.96 Å². The summed E-state index contributed by atoms with van der Waals surface area (Å²) in [6.07, 6.45) is 3.36. The van der Waals surface area contributed by atoms with E-state index in [1.165, 1.54) is 18.2 Å². The average molecular weight is 433 g/mol. The second kappa shape index (κ2) is 13.2. The monoisotopic (exact) mass is 433 g/mol. The van der Waals surface area contributed by atoms with E-state index in [-0.39, 0.29) is 29.9 Å². The molecule has 6 heteroatoms. The van der Waals surface area contributed by atoms with Crippen LogP contribution in [0, 0.1) is 6.92 Å². The first-order valence-corrected chi connectivity index (χ1v) is 7.72. The van der Waals surface area contributed by atoms with Gasteiger partial charge in [0, 0.05) is 26.6 Å². The van der Waals surface area contributed by atoms with Gasteiger partial charge in [0.05, 0.1) is 7.11 Å². The van der Waals surface area contributed by atoms with Crippen LogP contribution < -0.4 is 10.6 Å². The van der Waals surface area contributed by atoms with Crippen molar-refractivity contribution in [3.05, 3.63) is 35.4 Å². The number of hydrogen-bond acceptors (Lipinski definition) is 3. The van der Waals surface area contributed by atoms with Crippen molar-refractivity contribution in [3.63, 3.8) is 0 Å². The highest BCUT2D eigenvalue weighted by Gasteiger charge is 2.00. The van der Waals surface area contributed by atoms with Crippen LogP contribution in [0.5, 0.6) is 0 Å².